The highest BCUT2D eigenvalue weighted by molar-refractivity contribution is 5.89. The summed E-state index contributed by atoms with van der Waals surface area (Å²) in [6.07, 6.45) is 5.80. The van der Waals surface area contributed by atoms with Crippen molar-refractivity contribution < 1.29 is 9.59 Å². The summed E-state index contributed by atoms with van der Waals surface area (Å²) in [5, 5.41) is 5.58. The van der Waals surface area contributed by atoms with Gasteiger partial charge in [0.05, 0.1) is 0 Å². The highest BCUT2D eigenvalue weighted by Crippen LogP contribution is 2.22. The number of hydrogen-bond acceptors (Lipinski definition) is 2. The lowest BCUT2D eigenvalue weighted by atomic mass is 9.94. The molecule has 0 saturated heterocycles. The van der Waals surface area contributed by atoms with Crippen molar-refractivity contribution in [2.24, 2.45) is 0 Å². The van der Waals surface area contributed by atoms with Gasteiger partial charge in [-0.1, -0.05) is 37.5 Å². The van der Waals surface area contributed by atoms with Gasteiger partial charge >= 0.3 is 6.03 Å². The van der Waals surface area contributed by atoms with Crippen molar-refractivity contribution in [2.75, 3.05) is 18.4 Å². The molecule has 5 heteroatoms. The number of rotatable bonds is 5. The van der Waals surface area contributed by atoms with E-state index in [2.05, 4.69) is 10.6 Å². The van der Waals surface area contributed by atoms with Crippen LogP contribution in [-0.2, 0) is 4.79 Å². The third kappa shape index (κ3) is 5.06. The zero-order chi connectivity index (χ0) is 15.8. The Kier molecular flexibility index (Phi) is 6.25. The SMILES string of the molecule is CC(=O)N(CCNC(=O)Nc1ccccc1)C1CCCCC1. The van der Waals surface area contributed by atoms with Crippen molar-refractivity contribution in [1.82, 2.24) is 10.2 Å². The Morgan fingerprint density at radius 2 is 1.82 bits per heavy atom. The maximum Gasteiger partial charge on any atom is 0.319 e. The van der Waals surface area contributed by atoms with E-state index in [9.17, 15) is 9.59 Å². The molecule has 1 saturated carbocycles. The first-order valence-electron chi connectivity index (χ1n) is 8.04. The molecular formula is C17H25N3O2. The van der Waals surface area contributed by atoms with E-state index in [1.54, 1.807) is 6.92 Å². The largest absolute Gasteiger partial charge is 0.338 e. The molecule has 1 aliphatic carbocycles. The first kappa shape index (κ1) is 16.3. The standard InChI is InChI=1S/C17H25N3O2/c1-14(21)20(16-10-6-3-7-11-16)13-12-18-17(22)19-15-8-4-2-5-9-15/h2,4-5,8-9,16H,3,6-7,10-13H2,1H3,(H2,18,19,22). The topological polar surface area (TPSA) is 61.4 Å². The molecule has 0 atom stereocenters. The second kappa shape index (κ2) is 8.41. The van der Waals surface area contributed by atoms with Crippen LogP contribution in [0, 0.1) is 0 Å². The number of anilines is 1. The predicted octanol–water partition coefficient (Wildman–Crippen LogP) is 2.99. The van der Waals surface area contributed by atoms with Crippen LogP contribution >= 0.6 is 0 Å². The smallest absolute Gasteiger partial charge is 0.319 e. The molecule has 1 aromatic carbocycles. The number of carbonyl (C=O) groups excluding carboxylic acids is 2. The summed E-state index contributed by atoms with van der Waals surface area (Å²) >= 11 is 0. The van der Waals surface area contributed by atoms with Gasteiger partial charge in [-0.2, -0.15) is 0 Å². The van der Waals surface area contributed by atoms with Crippen LogP contribution in [0.1, 0.15) is 39.0 Å². The van der Waals surface area contributed by atoms with Crippen LogP contribution < -0.4 is 10.6 Å². The van der Waals surface area contributed by atoms with E-state index in [1.165, 1.54) is 19.3 Å². The number of nitrogens with one attached hydrogen (secondary N) is 2. The first-order chi connectivity index (χ1) is 10.7. The average Bonchev–Trinajstić information content (AvgIpc) is 2.53. The molecule has 0 aliphatic heterocycles. The zero-order valence-electron chi connectivity index (χ0n) is 13.2. The molecule has 1 aliphatic rings. The second-order valence-corrected chi connectivity index (χ2v) is 5.75. The minimum atomic E-state index is -0.238. The van der Waals surface area contributed by atoms with Gasteiger partial charge in [-0.25, -0.2) is 4.79 Å². The Bertz CT molecular complexity index is 484. The van der Waals surface area contributed by atoms with E-state index in [4.69, 9.17) is 0 Å². The van der Waals surface area contributed by atoms with E-state index in [1.807, 2.05) is 35.2 Å². The quantitative estimate of drug-likeness (QED) is 0.878. The number of benzene rings is 1. The first-order valence-corrected chi connectivity index (χ1v) is 8.04. The normalized spacial score (nSPS) is 15.1. The lowest BCUT2D eigenvalue weighted by Crippen LogP contribution is -2.45. The lowest BCUT2D eigenvalue weighted by molar-refractivity contribution is -0.131. The van der Waals surface area contributed by atoms with Crippen molar-refractivity contribution in [1.29, 1.82) is 0 Å². The molecule has 2 N–H and O–H groups in total. The minimum Gasteiger partial charge on any atom is -0.338 e. The summed E-state index contributed by atoms with van der Waals surface area (Å²) in [4.78, 5) is 25.5. The molecule has 0 unspecified atom stereocenters. The molecule has 1 aromatic rings. The summed E-state index contributed by atoms with van der Waals surface area (Å²) in [5.41, 5.74) is 0.760. The van der Waals surface area contributed by atoms with Crippen molar-refractivity contribution >= 4 is 17.6 Å². The molecular weight excluding hydrogens is 278 g/mol. The second-order valence-electron chi connectivity index (χ2n) is 5.75. The summed E-state index contributed by atoms with van der Waals surface area (Å²) < 4.78 is 0. The minimum absolute atomic E-state index is 0.0946. The van der Waals surface area contributed by atoms with E-state index in [-0.39, 0.29) is 11.9 Å². The third-order valence-electron chi connectivity index (χ3n) is 4.09. The molecule has 0 bridgehead atoms. The van der Waals surface area contributed by atoms with E-state index >= 15 is 0 Å². The molecule has 5 nitrogen and oxygen atoms in total. The Balaban J connectivity index is 1.75. The van der Waals surface area contributed by atoms with Gasteiger partial charge in [-0.3, -0.25) is 4.79 Å². The van der Waals surface area contributed by atoms with Crippen LogP contribution in [0.4, 0.5) is 10.5 Å². The summed E-state index contributed by atoms with van der Waals surface area (Å²) in [6, 6.07) is 9.42. The van der Waals surface area contributed by atoms with Crippen LogP contribution in [0.3, 0.4) is 0 Å². The molecule has 2 rings (SSSR count). The highest BCUT2D eigenvalue weighted by Gasteiger charge is 2.22. The van der Waals surface area contributed by atoms with Crippen molar-refractivity contribution in [2.45, 2.75) is 45.1 Å². The van der Waals surface area contributed by atoms with Gasteiger partial charge < -0.3 is 15.5 Å². The van der Waals surface area contributed by atoms with Gasteiger partial charge in [-0.15, -0.1) is 0 Å². The fourth-order valence-electron chi connectivity index (χ4n) is 2.98. The van der Waals surface area contributed by atoms with Crippen LogP contribution in [0.15, 0.2) is 30.3 Å². The van der Waals surface area contributed by atoms with Gasteiger partial charge in [0, 0.05) is 31.7 Å². The number of para-hydroxylation sites is 1. The number of carbonyl (C=O) groups is 2. The lowest BCUT2D eigenvalue weighted by Gasteiger charge is -2.33. The van der Waals surface area contributed by atoms with E-state index < -0.39 is 0 Å². The molecule has 1 fully saturated rings. The molecule has 0 aromatic heterocycles. The molecule has 0 spiro atoms. The fourth-order valence-corrected chi connectivity index (χ4v) is 2.98. The number of nitrogens with zero attached hydrogens (tertiary/aromatic N) is 1. The van der Waals surface area contributed by atoms with Crippen LogP contribution in [0.5, 0.6) is 0 Å². The van der Waals surface area contributed by atoms with E-state index in [0.29, 0.717) is 19.1 Å². The Morgan fingerprint density at radius 1 is 1.14 bits per heavy atom. The van der Waals surface area contributed by atoms with Crippen LogP contribution in [-0.4, -0.2) is 36.0 Å². The summed E-state index contributed by atoms with van der Waals surface area (Å²) in [5.74, 6) is 0.0946. The predicted molar refractivity (Wildman–Crippen MR) is 87.7 cm³/mol. The molecule has 3 amide bonds. The van der Waals surface area contributed by atoms with E-state index in [0.717, 1.165) is 18.5 Å². The molecule has 0 heterocycles. The van der Waals surface area contributed by atoms with Gasteiger partial charge in [0.15, 0.2) is 0 Å². The number of amides is 3. The zero-order valence-corrected chi connectivity index (χ0v) is 13.2. The monoisotopic (exact) mass is 303 g/mol. The maximum absolute atomic E-state index is 11.8. The Morgan fingerprint density at radius 3 is 2.45 bits per heavy atom. The fraction of sp³-hybridized carbons (Fsp3) is 0.529. The maximum atomic E-state index is 11.8. The summed E-state index contributed by atoms with van der Waals surface area (Å²) in [7, 11) is 0. The van der Waals surface area contributed by atoms with Crippen molar-refractivity contribution in [3.05, 3.63) is 30.3 Å². The van der Waals surface area contributed by atoms with Crippen LogP contribution in [0.25, 0.3) is 0 Å². The Labute approximate surface area is 132 Å². The van der Waals surface area contributed by atoms with Gasteiger partial charge in [0.25, 0.3) is 0 Å². The van der Waals surface area contributed by atoms with Gasteiger partial charge in [0.2, 0.25) is 5.91 Å². The highest BCUT2D eigenvalue weighted by atomic mass is 16.2. The third-order valence-corrected chi connectivity index (χ3v) is 4.09. The van der Waals surface area contributed by atoms with Crippen molar-refractivity contribution in [3.8, 4) is 0 Å². The number of urea groups is 1. The van der Waals surface area contributed by atoms with Gasteiger partial charge in [0.1, 0.15) is 0 Å². The van der Waals surface area contributed by atoms with Gasteiger partial charge in [-0.05, 0) is 25.0 Å². The summed E-state index contributed by atoms with van der Waals surface area (Å²) in [6.45, 7) is 2.65. The number of hydrogen-bond donors (Lipinski definition) is 2. The van der Waals surface area contributed by atoms with Crippen LogP contribution in [0.2, 0.25) is 0 Å². The molecule has 0 radical (unpaired) electrons. The molecule has 120 valence electrons. The average molecular weight is 303 g/mol. The Hall–Kier alpha value is -2.04. The molecule has 22 heavy (non-hydrogen) atoms. The van der Waals surface area contributed by atoms with Crippen molar-refractivity contribution in [3.63, 3.8) is 0 Å².